The van der Waals surface area contributed by atoms with Crippen LogP contribution in [0, 0.1) is 0 Å². The van der Waals surface area contributed by atoms with E-state index in [2.05, 4.69) is 20.9 Å². The highest BCUT2D eigenvalue weighted by atomic mass is 16.5. The van der Waals surface area contributed by atoms with Gasteiger partial charge in [0.05, 0.1) is 6.61 Å². The molecule has 0 aliphatic carbocycles. The Balaban J connectivity index is 1.68. The molecule has 9 nitrogen and oxygen atoms in total. The second kappa shape index (κ2) is 12.1. The first-order chi connectivity index (χ1) is 13.6. The molecule has 154 valence electrons. The molecule has 1 aromatic heterocycles. The zero-order valence-electron chi connectivity index (χ0n) is 16.3. The van der Waals surface area contributed by atoms with Crippen LogP contribution < -0.4 is 26.1 Å². The van der Waals surface area contributed by atoms with Gasteiger partial charge in [-0.25, -0.2) is 5.84 Å². The molecule has 0 fully saturated rings. The Morgan fingerprint density at radius 2 is 1.93 bits per heavy atom. The molecule has 0 aliphatic rings. The lowest BCUT2D eigenvalue weighted by Gasteiger charge is -2.18. The van der Waals surface area contributed by atoms with Gasteiger partial charge in [0.15, 0.2) is 5.82 Å². The summed E-state index contributed by atoms with van der Waals surface area (Å²) in [5, 5.41) is 21.1. The molecule has 28 heavy (non-hydrogen) atoms. The summed E-state index contributed by atoms with van der Waals surface area (Å²) >= 11 is 0. The Hall–Kier alpha value is -2.46. The van der Waals surface area contributed by atoms with Crippen molar-refractivity contribution in [2.45, 2.75) is 25.5 Å². The highest BCUT2D eigenvalue weighted by Gasteiger charge is 2.11. The maximum absolute atomic E-state index is 10.2. The van der Waals surface area contributed by atoms with Crippen LogP contribution in [-0.4, -0.2) is 60.9 Å². The molecule has 1 heterocycles. The summed E-state index contributed by atoms with van der Waals surface area (Å²) in [5.74, 6) is 6.88. The molecular formula is C19H29N5O4. The molecule has 0 aliphatic heterocycles. The van der Waals surface area contributed by atoms with E-state index in [1.807, 2.05) is 31.2 Å². The van der Waals surface area contributed by atoms with Crippen molar-refractivity contribution >= 4 is 5.82 Å². The Bertz CT molecular complexity index is 686. The molecule has 0 saturated heterocycles. The van der Waals surface area contributed by atoms with E-state index in [0.717, 1.165) is 17.7 Å². The summed E-state index contributed by atoms with van der Waals surface area (Å²) < 4.78 is 16.4. The minimum Gasteiger partial charge on any atom is -0.491 e. The number of nitrogens with one attached hydrogen (secondary N) is 2. The van der Waals surface area contributed by atoms with Gasteiger partial charge in [-0.2, -0.15) is 0 Å². The van der Waals surface area contributed by atoms with Crippen LogP contribution in [0.3, 0.4) is 0 Å². The summed E-state index contributed by atoms with van der Waals surface area (Å²) in [4.78, 5) is 0. The van der Waals surface area contributed by atoms with Crippen molar-refractivity contribution in [1.29, 1.82) is 0 Å². The first kappa shape index (κ1) is 21.8. The van der Waals surface area contributed by atoms with E-state index in [4.69, 9.17) is 20.1 Å². The Kier molecular flexibility index (Phi) is 9.43. The zero-order valence-corrected chi connectivity index (χ0v) is 16.3. The number of aromatic nitrogens is 2. The number of hydrazine groups is 1. The van der Waals surface area contributed by atoms with Gasteiger partial charge in [-0.1, -0.05) is 18.2 Å². The van der Waals surface area contributed by atoms with Crippen LogP contribution in [0.15, 0.2) is 36.4 Å². The third-order valence-electron chi connectivity index (χ3n) is 3.95. The first-order valence-electron chi connectivity index (χ1n) is 9.16. The molecule has 0 bridgehead atoms. The van der Waals surface area contributed by atoms with Gasteiger partial charge in [0.25, 0.3) is 0 Å². The fourth-order valence-electron chi connectivity index (χ4n) is 2.39. The van der Waals surface area contributed by atoms with Gasteiger partial charge in [0.1, 0.15) is 25.1 Å². The van der Waals surface area contributed by atoms with E-state index in [-0.39, 0.29) is 12.6 Å². The largest absolute Gasteiger partial charge is 0.491 e. The van der Waals surface area contributed by atoms with E-state index in [0.29, 0.717) is 31.5 Å². The number of anilines is 1. The zero-order chi connectivity index (χ0) is 20.2. The van der Waals surface area contributed by atoms with Crippen LogP contribution in [0.1, 0.15) is 12.5 Å². The lowest BCUT2D eigenvalue weighted by molar-refractivity contribution is 0.101. The molecule has 1 aromatic carbocycles. The van der Waals surface area contributed by atoms with Gasteiger partial charge >= 0.3 is 0 Å². The topological polar surface area (TPSA) is 124 Å². The molecule has 2 atom stereocenters. The maximum Gasteiger partial charge on any atom is 0.233 e. The number of rotatable bonds is 13. The first-order valence-corrected chi connectivity index (χ1v) is 9.16. The van der Waals surface area contributed by atoms with E-state index >= 15 is 0 Å². The number of para-hydroxylation sites is 1. The molecule has 9 heteroatoms. The Morgan fingerprint density at radius 3 is 2.64 bits per heavy atom. The number of aliphatic hydroxyl groups excluding tert-OH is 1. The van der Waals surface area contributed by atoms with Crippen LogP contribution in [-0.2, 0) is 11.2 Å². The standard InChI is InChI=1S/C19H29N5O4/c1-14(12-28-19-8-7-18(22-20)23-24-19)21-11-16(25)13-27-17-6-4-3-5-15(17)9-10-26-2/h3-8,14,16,21,25H,9-13,20H2,1-2H3,(H,22,23). The molecule has 0 spiro atoms. The van der Waals surface area contributed by atoms with Crippen LogP contribution in [0.25, 0.3) is 0 Å². The van der Waals surface area contributed by atoms with Crippen LogP contribution >= 0.6 is 0 Å². The number of benzene rings is 1. The highest BCUT2D eigenvalue weighted by molar-refractivity contribution is 5.33. The minimum absolute atomic E-state index is 0.0118. The molecule has 2 unspecified atom stereocenters. The van der Waals surface area contributed by atoms with Gasteiger partial charge in [-0.05, 0) is 31.0 Å². The maximum atomic E-state index is 10.2. The number of nitrogens with two attached hydrogens (primary N) is 1. The summed E-state index contributed by atoms with van der Waals surface area (Å²) in [6.07, 6.45) is 0.119. The fourth-order valence-corrected chi connectivity index (χ4v) is 2.39. The molecule has 0 saturated carbocycles. The minimum atomic E-state index is -0.646. The quantitative estimate of drug-likeness (QED) is 0.289. The van der Waals surface area contributed by atoms with Crippen molar-refractivity contribution in [2.24, 2.45) is 5.84 Å². The predicted molar refractivity (Wildman–Crippen MR) is 106 cm³/mol. The molecule has 2 rings (SSSR count). The van der Waals surface area contributed by atoms with Crippen LogP contribution in [0.2, 0.25) is 0 Å². The van der Waals surface area contributed by atoms with Crippen molar-refractivity contribution in [3.05, 3.63) is 42.0 Å². The number of aliphatic hydroxyl groups is 1. The second-order valence-electron chi connectivity index (χ2n) is 6.34. The van der Waals surface area contributed by atoms with Crippen molar-refractivity contribution in [1.82, 2.24) is 15.5 Å². The van der Waals surface area contributed by atoms with Crippen LogP contribution in [0.4, 0.5) is 5.82 Å². The Labute approximate surface area is 165 Å². The SMILES string of the molecule is COCCc1ccccc1OCC(O)CNC(C)COc1ccc(NN)nn1. The molecular weight excluding hydrogens is 362 g/mol. The number of nitrogen functional groups attached to an aromatic ring is 1. The number of methoxy groups -OCH3 is 1. The summed E-state index contributed by atoms with van der Waals surface area (Å²) in [7, 11) is 1.67. The average Bonchev–Trinajstić information content (AvgIpc) is 2.74. The van der Waals surface area contributed by atoms with Crippen molar-refractivity contribution < 1.29 is 19.3 Å². The van der Waals surface area contributed by atoms with Gasteiger partial charge < -0.3 is 30.1 Å². The Morgan fingerprint density at radius 1 is 1.11 bits per heavy atom. The average molecular weight is 391 g/mol. The van der Waals surface area contributed by atoms with Crippen LogP contribution in [0.5, 0.6) is 11.6 Å². The van der Waals surface area contributed by atoms with Gasteiger partial charge in [0.2, 0.25) is 5.88 Å². The fraction of sp³-hybridized carbons (Fsp3) is 0.474. The monoisotopic (exact) mass is 391 g/mol. The van der Waals surface area contributed by atoms with Gasteiger partial charge in [-0.3, -0.25) is 0 Å². The molecule has 0 amide bonds. The molecule has 5 N–H and O–H groups in total. The second-order valence-corrected chi connectivity index (χ2v) is 6.34. The normalized spacial score (nSPS) is 13.0. The van der Waals surface area contributed by atoms with Crippen molar-refractivity contribution in [3.8, 4) is 11.6 Å². The number of hydrogen-bond donors (Lipinski definition) is 4. The molecule has 2 aromatic rings. The van der Waals surface area contributed by atoms with Gasteiger partial charge in [-0.15, -0.1) is 10.2 Å². The number of hydrogen-bond acceptors (Lipinski definition) is 9. The van der Waals surface area contributed by atoms with E-state index < -0.39 is 6.10 Å². The van der Waals surface area contributed by atoms with Crippen molar-refractivity contribution in [2.75, 3.05) is 38.9 Å². The predicted octanol–water partition coefficient (Wildman–Crippen LogP) is 0.748. The van der Waals surface area contributed by atoms with Crippen molar-refractivity contribution in [3.63, 3.8) is 0 Å². The van der Waals surface area contributed by atoms with E-state index in [9.17, 15) is 5.11 Å². The highest BCUT2D eigenvalue weighted by Crippen LogP contribution is 2.18. The smallest absolute Gasteiger partial charge is 0.233 e. The summed E-state index contributed by atoms with van der Waals surface area (Å²) in [6.45, 7) is 3.54. The molecule has 0 radical (unpaired) electrons. The lowest BCUT2D eigenvalue weighted by Crippen LogP contribution is -2.39. The van der Waals surface area contributed by atoms with E-state index in [1.54, 1.807) is 19.2 Å². The summed E-state index contributed by atoms with van der Waals surface area (Å²) in [6, 6.07) is 11.1. The van der Waals surface area contributed by atoms with E-state index in [1.165, 1.54) is 0 Å². The summed E-state index contributed by atoms with van der Waals surface area (Å²) in [5.41, 5.74) is 3.46. The third-order valence-corrected chi connectivity index (χ3v) is 3.95. The van der Waals surface area contributed by atoms with Gasteiger partial charge in [0, 0.05) is 25.8 Å². The number of nitrogens with zero attached hydrogens (tertiary/aromatic N) is 2. The lowest BCUT2D eigenvalue weighted by atomic mass is 10.1. The number of ether oxygens (including phenoxy) is 3. The third kappa shape index (κ3) is 7.65.